The Balaban J connectivity index is 1.88. The number of hydrogen-bond donors (Lipinski definition) is 1. The second-order valence-corrected chi connectivity index (χ2v) is 6.22. The van der Waals surface area contributed by atoms with Crippen LogP contribution >= 0.6 is 11.6 Å². The largest absolute Gasteiger partial charge is 0.368 e. The average Bonchev–Trinajstić information content (AvgIpc) is 2.47. The lowest BCUT2D eigenvalue weighted by Crippen LogP contribution is -2.08. The lowest BCUT2D eigenvalue weighted by Gasteiger charge is -2.15. The van der Waals surface area contributed by atoms with Crippen molar-refractivity contribution in [1.82, 2.24) is 9.97 Å². The minimum absolute atomic E-state index is 0.261. The number of aryl methyl sites for hydroxylation is 2. The van der Waals surface area contributed by atoms with Crippen LogP contribution in [0, 0.1) is 12.8 Å². The fourth-order valence-corrected chi connectivity index (χ4v) is 3.02. The molecule has 0 aliphatic rings. The van der Waals surface area contributed by atoms with Crippen LogP contribution < -0.4 is 5.73 Å². The number of nitrogens with two attached hydrogens (primary N) is 1. The average molecular weight is 318 g/mol. The van der Waals surface area contributed by atoms with Crippen LogP contribution in [-0.4, -0.2) is 9.97 Å². The minimum Gasteiger partial charge on any atom is -0.368 e. The summed E-state index contributed by atoms with van der Waals surface area (Å²) < 4.78 is 0. The summed E-state index contributed by atoms with van der Waals surface area (Å²) >= 11 is 5.95. The first kappa shape index (κ1) is 16.8. The molecule has 0 saturated carbocycles. The third kappa shape index (κ3) is 4.99. The van der Waals surface area contributed by atoms with Gasteiger partial charge in [-0.2, -0.15) is 0 Å². The van der Waals surface area contributed by atoms with E-state index in [0.29, 0.717) is 11.1 Å². The quantitative estimate of drug-likeness (QED) is 0.758. The molecule has 0 aliphatic heterocycles. The first-order valence-corrected chi connectivity index (χ1v) is 8.29. The van der Waals surface area contributed by atoms with Gasteiger partial charge in [0.2, 0.25) is 5.95 Å². The Bertz CT molecular complexity index is 593. The number of aromatic nitrogens is 2. The van der Waals surface area contributed by atoms with Crippen LogP contribution in [0.15, 0.2) is 30.3 Å². The van der Waals surface area contributed by atoms with Crippen LogP contribution in [0.4, 0.5) is 5.95 Å². The molecule has 1 unspecified atom stereocenters. The number of halogens is 1. The standard InChI is InChI=1S/C18H24ClN3/c1-3-14(11-16-12-17(19)22-18(20)21-16)8-6-10-15-9-5-4-7-13(15)2/h4-5,7,9,12,14H,3,6,8,10-11H2,1-2H3,(H2,20,21,22). The molecule has 1 aromatic heterocycles. The van der Waals surface area contributed by atoms with Crippen molar-refractivity contribution in [3.63, 3.8) is 0 Å². The summed E-state index contributed by atoms with van der Waals surface area (Å²) in [5, 5.41) is 0.428. The molecule has 2 rings (SSSR count). The van der Waals surface area contributed by atoms with Crippen molar-refractivity contribution >= 4 is 17.5 Å². The number of nitrogens with zero attached hydrogens (tertiary/aromatic N) is 2. The van der Waals surface area contributed by atoms with E-state index in [1.165, 1.54) is 24.0 Å². The predicted molar refractivity (Wildman–Crippen MR) is 93.1 cm³/mol. The Labute approximate surface area is 137 Å². The first-order chi connectivity index (χ1) is 10.6. The van der Waals surface area contributed by atoms with Crippen LogP contribution in [0.1, 0.15) is 43.0 Å². The molecule has 2 aromatic rings. The zero-order valence-corrected chi connectivity index (χ0v) is 14.1. The van der Waals surface area contributed by atoms with Gasteiger partial charge < -0.3 is 5.73 Å². The van der Waals surface area contributed by atoms with E-state index in [9.17, 15) is 0 Å². The fourth-order valence-electron chi connectivity index (χ4n) is 2.81. The van der Waals surface area contributed by atoms with Gasteiger partial charge in [0.05, 0.1) is 0 Å². The maximum Gasteiger partial charge on any atom is 0.221 e. The van der Waals surface area contributed by atoms with Gasteiger partial charge in [0.1, 0.15) is 5.15 Å². The zero-order valence-electron chi connectivity index (χ0n) is 13.3. The molecule has 118 valence electrons. The molecular formula is C18H24ClN3. The van der Waals surface area contributed by atoms with Crippen LogP contribution in [0.3, 0.4) is 0 Å². The molecule has 0 fully saturated rings. The van der Waals surface area contributed by atoms with E-state index in [1.807, 2.05) is 6.07 Å². The molecule has 0 aliphatic carbocycles. The maximum atomic E-state index is 5.95. The number of hydrogen-bond acceptors (Lipinski definition) is 3. The summed E-state index contributed by atoms with van der Waals surface area (Å²) in [5.74, 6) is 0.867. The van der Waals surface area contributed by atoms with Gasteiger partial charge in [-0.05, 0) is 55.7 Å². The topological polar surface area (TPSA) is 51.8 Å². The van der Waals surface area contributed by atoms with Gasteiger partial charge in [-0.3, -0.25) is 0 Å². The van der Waals surface area contributed by atoms with E-state index in [4.69, 9.17) is 17.3 Å². The lowest BCUT2D eigenvalue weighted by atomic mass is 9.92. The van der Waals surface area contributed by atoms with Crippen LogP contribution in [0.5, 0.6) is 0 Å². The molecule has 22 heavy (non-hydrogen) atoms. The molecule has 3 nitrogen and oxygen atoms in total. The van der Waals surface area contributed by atoms with Gasteiger partial charge in [0, 0.05) is 5.69 Å². The molecule has 0 bridgehead atoms. The van der Waals surface area contributed by atoms with Gasteiger partial charge >= 0.3 is 0 Å². The Morgan fingerprint density at radius 1 is 1.23 bits per heavy atom. The Hall–Kier alpha value is -1.61. The second kappa shape index (κ2) is 8.14. The third-order valence-corrected chi connectivity index (χ3v) is 4.35. The number of rotatable bonds is 7. The predicted octanol–water partition coefficient (Wildman–Crippen LogP) is 4.61. The van der Waals surface area contributed by atoms with Gasteiger partial charge in [-0.25, -0.2) is 9.97 Å². The monoisotopic (exact) mass is 317 g/mol. The van der Waals surface area contributed by atoms with E-state index >= 15 is 0 Å². The van der Waals surface area contributed by atoms with Crippen molar-refractivity contribution in [2.75, 3.05) is 5.73 Å². The smallest absolute Gasteiger partial charge is 0.221 e. The highest BCUT2D eigenvalue weighted by Gasteiger charge is 2.10. The minimum atomic E-state index is 0.261. The SMILES string of the molecule is CCC(CCCc1ccccc1C)Cc1cc(Cl)nc(N)n1. The van der Waals surface area contributed by atoms with Gasteiger partial charge in [0.25, 0.3) is 0 Å². The molecule has 1 atom stereocenters. The molecule has 0 radical (unpaired) electrons. The molecule has 4 heteroatoms. The van der Waals surface area contributed by atoms with Crippen LogP contribution in [0.2, 0.25) is 5.15 Å². The molecular weight excluding hydrogens is 294 g/mol. The van der Waals surface area contributed by atoms with E-state index < -0.39 is 0 Å². The highest BCUT2D eigenvalue weighted by Crippen LogP contribution is 2.20. The van der Waals surface area contributed by atoms with Crippen LogP contribution in [-0.2, 0) is 12.8 Å². The summed E-state index contributed by atoms with van der Waals surface area (Å²) in [7, 11) is 0. The zero-order chi connectivity index (χ0) is 15.9. The van der Waals surface area contributed by atoms with Crippen molar-refractivity contribution in [2.45, 2.75) is 46.0 Å². The normalized spacial score (nSPS) is 12.3. The number of anilines is 1. The van der Waals surface area contributed by atoms with E-state index in [2.05, 4.69) is 48.1 Å². The van der Waals surface area contributed by atoms with Crippen molar-refractivity contribution in [3.8, 4) is 0 Å². The second-order valence-electron chi connectivity index (χ2n) is 5.84. The molecule has 1 heterocycles. The highest BCUT2D eigenvalue weighted by molar-refractivity contribution is 6.29. The molecule has 0 spiro atoms. The lowest BCUT2D eigenvalue weighted by molar-refractivity contribution is 0.447. The summed E-state index contributed by atoms with van der Waals surface area (Å²) in [6.07, 6.45) is 5.56. The molecule has 1 aromatic carbocycles. The number of nitrogen functional groups attached to an aromatic ring is 1. The van der Waals surface area contributed by atoms with Gasteiger partial charge in [-0.1, -0.05) is 49.2 Å². The molecule has 0 amide bonds. The van der Waals surface area contributed by atoms with Crippen molar-refractivity contribution in [2.24, 2.45) is 5.92 Å². The third-order valence-electron chi connectivity index (χ3n) is 4.16. The summed E-state index contributed by atoms with van der Waals surface area (Å²) in [6, 6.07) is 10.4. The maximum absolute atomic E-state index is 5.95. The first-order valence-electron chi connectivity index (χ1n) is 7.92. The highest BCUT2D eigenvalue weighted by atomic mass is 35.5. The Kier molecular flexibility index (Phi) is 6.20. The molecule has 0 saturated heterocycles. The summed E-state index contributed by atoms with van der Waals surface area (Å²) in [4.78, 5) is 8.20. The number of benzene rings is 1. The van der Waals surface area contributed by atoms with Gasteiger partial charge in [-0.15, -0.1) is 0 Å². The van der Waals surface area contributed by atoms with Crippen LogP contribution in [0.25, 0.3) is 0 Å². The van der Waals surface area contributed by atoms with Gasteiger partial charge in [0.15, 0.2) is 0 Å². The summed E-state index contributed by atoms with van der Waals surface area (Å²) in [6.45, 7) is 4.41. The fraction of sp³-hybridized carbons (Fsp3) is 0.444. The van der Waals surface area contributed by atoms with E-state index in [1.54, 1.807) is 0 Å². The Morgan fingerprint density at radius 3 is 2.68 bits per heavy atom. The van der Waals surface area contributed by atoms with E-state index in [0.717, 1.165) is 25.0 Å². The Morgan fingerprint density at radius 2 is 2.00 bits per heavy atom. The van der Waals surface area contributed by atoms with E-state index in [-0.39, 0.29) is 5.95 Å². The van der Waals surface area contributed by atoms with Crippen molar-refractivity contribution in [1.29, 1.82) is 0 Å². The molecule has 2 N–H and O–H groups in total. The van der Waals surface area contributed by atoms with Crippen molar-refractivity contribution < 1.29 is 0 Å². The summed E-state index contributed by atoms with van der Waals surface area (Å²) in [5.41, 5.74) is 9.44. The van der Waals surface area contributed by atoms with Crippen molar-refractivity contribution in [3.05, 3.63) is 52.3 Å².